The van der Waals surface area contributed by atoms with Crippen molar-refractivity contribution in [2.75, 3.05) is 57.4 Å². The maximum atomic E-state index is 13.3. The van der Waals surface area contributed by atoms with Crippen molar-refractivity contribution < 1.29 is 37.0 Å². The molecule has 2 unspecified atom stereocenters. The summed E-state index contributed by atoms with van der Waals surface area (Å²) < 4.78 is 56.7. The maximum absolute atomic E-state index is 13.3. The molecule has 36 heavy (non-hydrogen) atoms. The summed E-state index contributed by atoms with van der Waals surface area (Å²) in [5.41, 5.74) is 4.88. The predicted molar refractivity (Wildman–Crippen MR) is 117 cm³/mol. The van der Waals surface area contributed by atoms with Crippen LogP contribution in [0.5, 0.6) is 0 Å². The number of pyridine rings is 1. The van der Waals surface area contributed by atoms with Crippen molar-refractivity contribution >= 4 is 17.6 Å². The third-order valence-corrected chi connectivity index (χ3v) is 6.33. The second-order valence-corrected chi connectivity index (χ2v) is 8.68. The molecule has 1 aromatic rings. The lowest BCUT2D eigenvalue weighted by Crippen LogP contribution is -2.61. The second-order valence-electron chi connectivity index (χ2n) is 8.68. The van der Waals surface area contributed by atoms with Crippen LogP contribution in [0.3, 0.4) is 0 Å². The van der Waals surface area contributed by atoms with Gasteiger partial charge >= 0.3 is 6.18 Å². The number of nitrogens with zero attached hydrogens (tertiary/aromatic N) is 4. The number of aromatic nitrogens is 1. The van der Waals surface area contributed by atoms with E-state index < -0.39 is 36.3 Å². The number of alkyl halides is 3. The van der Waals surface area contributed by atoms with E-state index in [1.165, 1.54) is 6.20 Å². The number of hydrogen-bond acceptors (Lipinski definition) is 9. The highest BCUT2D eigenvalue weighted by atomic mass is 19.4. The highest BCUT2D eigenvalue weighted by Crippen LogP contribution is 2.33. The molecule has 3 saturated heterocycles. The molecule has 4 atom stereocenters. The molecule has 0 radical (unpaired) electrons. The minimum absolute atomic E-state index is 0.0344. The number of hydrazine groups is 1. The molecule has 3 fully saturated rings. The fourth-order valence-corrected chi connectivity index (χ4v) is 4.39. The number of halogens is 3. The standard InChI is InChI=1S/C22H27F3N6O5/c23-22(24,25)20-15(11-28-29-21(20)33)36-17-13-34-12-16(17)35-8-3-19(32)31-6-4-30(5-7-31)18-2-1-14(9-26)10-27-18/h1-2,10,15-17,20,28H,3-8,11-13H2,(H,29,33)/t15?,16-,17+,20?/m1/s1. The summed E-state index contributed by atoms with van der Waals surface area (Å²) in [4.78, 5) is 32.4. The fraction of sp³-hybridized carbons (Fsp3) is 0.636. The molecule has 4 heterocycles. The van der Waals surface area contributed by atoms with Crippen molar-refractivity contribution in [3.63, 3.8) is 0 Å². The summed E-state index contributed by atoms with van der Waals surface area (Å²) in [5, 5.41) is 8.88. The van der Waals surface area contributed by atoms with Crippen LogP contribution in [-0.2, 0) is 23.8 Å². The summed E-state index contributed by atoms with van der Waals surface area (Å²) in [7, 11) is 0. The van der Waals surface area contributed by atoms with Crippen LogP contribution in [0.1, 0.15) is 12.0 Å². The molecule has 14 heteroatoms. The van der Waals surface area contributed by atoms with Gasteiger partial charge in [0.15, 0.2) is 5.92 Å². The summed E-state index contributed by atoms with van der Waals surface area (Å²) in [5.74, 6) is -2.84. The van der Waals surface area contributed by atoms with Crippen molar-refractivity contribution in [1.82, 2.24) is 20.7 Å². The van der Waals surface area contributed by atoms with Crippen molar-refractivity contribution in [2.24, 2.45) is 5.92 Å². The Kier molecular flexibility index (Phi) is 8.24. The van der Waals surface area contributed by atoms with E-state index in [1.807, 2.05) is 16.4 Å². The Balaban J connectivity index is 1.21. The minimum Gasteiger partial charge on any atom is -0.376 e. The predicted octanol–water partition coefficient (Wildman–Crippen LogP) is -0.0259. The molecule has 0 aromatic carbocycles. The zero-order valence-electron chi connectivity index (χ0n) is 19.4. The molecule has 0 bridgehead atoms. The van der Waals surface area contributed by atoms with Gasteiger partial charge in [-0.15, -0.1) is 0 Å². The Labute approximate surface area is 205 Å². The maximum Gasteiger partial charge on any atom is 0.403 e. The molecule has 196 valence electrons. The number of rotatable bonds is 7. The van der Waals surface area contributed by atoms with E-state index in [-0.39, 0.29) is 38.7 Å². The van der Waals surface area contributed by atoms with E-state index in [4.69, 9.17) is 19.5 Å². The van der Waals surface area contributed by atoms with Crippen LogP contribution in [0.15, 0.2) is 18.3 Å². The van der Waals surface area contributed by atoms with Crippen LogP contribution in [0, 0.1) is 17.2 Å². The van der Waals surface area contributed by atoms with E-state index in [9.17, 15) is 22.8 Å². The van der Waals surface area contributed by atoms with Gasteiger partial charge in [-0.25, -0.2) is 10.4 Å². The molecule has 3 aliphatic heterocycles. The van der Waals surface area contributed by atoms with Gasteiger partial charge in [0.1, 0.15) is 24.1 Å². The van der Waals surface area contributed by atoms with Gasteiger partial charge < -0.3 is 24.0 Å². The number of nitrogens with one attached hydrogen (secondary N) is 2. The molecular weight excluding hydrogens is 485 g/mol. The molecule has 2 N–H and O–H groups in total. The third-order valence-electron chi connectivity index (χ3n) is 6.33. The Morgan fingerprint density at radius 3 is 2.61 bits per heavy atom. The van der Waals surface area contributed by atoms with Gasteiger partial charge in [-0.05, 0) is 12.1 Å². The van der Waals surface area contributed by atoms with Gasteiger partial charge in [0, 0.05) is 38.9 Å². The number of amides is 2. The SMILES string of the molecule is N#Cc1ccc(N2CCN(C(=O)CCO[C@@H]3COC[C@@H]3OC3CNNC(=O)C3C(F)(F)F)CC2)nc1. The molecule has 0 saturated carbocycles. The minimum atomic E-state index is -4.75. The average Bonchev–Trinajstić information content (AvgIpc) is 3.30. The van der Waals surface area contributed by atoms with Gasteiger partial charge in [-0.2, -0.15) is 18.4 Å². The van der Waals surface area contributed by atoms with Crippen LogP contribution < -0.4 is 15.8 Å². The van der Waals surface area contributed by atoms with Gasteiger partial charge in [-0.3, -0.25) is 15.0 Å². The zero-order chi connectivity index (χ0) is 25.7. The van der Waals surface area contributed by atoms with Gasteiger partial charge in [0.05, 0.1) is 37.9 Å². The number of ether oxygens (including phenoxy) is 3. The Morgan fingerprint density at radius 1 is 1.19 bits per heavy atom. The highest BCUT2D eigenvalue weighted by molar-refractivity contribution is 5.80. The molecule has 0 aliphatic carbocycles. The molecule has 4 rings (SSSR count). The highest BCUT2D eigenvalue weighted by Gasteiger charge is 2.53. The summed E-state index contributed by atoms with van der Waals surface area (Å²) in [6.07, 6.45) is -5.98. The number of piperazine rings is 1. The number of anilines is 1. The Bertz CT molecular complexity index is 964. The lowest BCUT2D eigenvalue weighted by molar-refractivity contribution is -0.222. The van der Waals surface area contributed by atoms with Crippen molar-refractivity contribution in [3.05, 3.63) is 23.9 Å². The second kappa shape index (κ2) is 11.4. The quantitative estimate of drug-likeness (QED) is 0.518. The van der Waals surface area contributed by atoms with Crippen molar-refractivity contribution in [1.29, 1.82) is 5.26 Å². The van der Waals surface area contributed by atoms with Crippen LogP contribution >= 0.6 is 0 Å². The molecule has 1 aromatic heterocycles. The summed E-state index contributed by atoms with van der Waals surface area (Å²) in [6.45, 7) is 2.23. The smallest absolute Gasteiger partial charge is 0.376 e. The van der Waals surface area contributed by atoms with E-state index in [0.717, 1.165) is 5.82 Å². The monoisotopic (exact) mass is 512 g/mol. The normalized spacial score (nSPS) is 27.0. The number of carbonyl (C=O) groups excluding carboxylic acids is 2. The first-order valence-corrected chi connectivity index (χ1v) is 11.6. The van der Waals surface area contributed by atoms with Crippen molar-refractivity contribution in [2.45, 2.75) is 30.9 Å². The van der Waals surface area contributed by atoms with Crippen LogP contribution in [-0.4, -0.2) is 98.7 Å². The largest absolute Gasteiger partial charge is 0.403 e. The first-order chi connectivity index (χ1) is 17.3. The summed E-state index contributed by atoms with van der Waals surface area (Å²) >= 11 is 0. The fourth-order valence-electron chi connectivity index (χ4n) is 4.39. The molecule has 3 aliphatic rings. The van der Waals surface area contributed by atoms with Crippen molar-refractivity contribution in [3.8, 4) is 6.07 Å². The number of hydrogen-bond donors (Lipinski definition) is 2. The molecule has 2 amide bonds. The van der Waals surface area contributed by atoms with Gasteiger partial charge in [-0.1, -0.05) is 0 Å². The number of carbonyl (C=O) groups is 2. The summed E-state index contributed by atoms with van der Waals surface area (Å²) in [6, 6.07) is 5.50. The van der Waals surface area contributed by atoms with Gasteiger partial charge in [0.2, 0.25) is 11.8 Å². The van der Waals surface area contributed by atoms with Crippen LogP contribution in [0.25, 0.3) is 0 Å². The topological polar surface area (TPSA) is 129 Å². The van der Waals surface area contributed by atoms with E-state index in [1.54, 1.807) is 17.0 Å². The van der Waals surface area contributed by atoms with E-state index in [0.29, 0.717) is 31.7 Å². The molecule has 0 spiro atoms. The lowest BCUT2D eigenvalue weighted by Gasteiger charge is -2.35. The van der Waals surface area contributed by atoms with Gasteiger partial charge in [0.25, 0.3) is 0 Å². The number of nitriles is 1. The molecular formula is C22H27F3N6O5. The molecule has 11 nitrogen and oxygen atoms in total. The lowest BCUT2D eigenvalue weighted by atomic mass is 9.99. The van der Waals surface area contributed by atoms with E-state index in [2.05, 4.69) is 10.4 Å². The van der Waals surface area contributed by atoms with Crippen LogP contribution in [0.4, 0.5) is 19.0 Å². The zero-order valence-corrected chi connectivity index (χ0v) is 19.4. The Hall–Kier alpha value is -2.99. The van der Waals surface area contributed by atoms with Crippen LogP contribution in [0.2, 0.25) is 0 Å². The van der Waals surface area contributed by atoms with E-state index >= 15 is 0 Å². The first kappa shape index (κ1) is 26.1. The average molecular weight is 512 g/mol. The first-order valence-electron chi connectivity index (χ1n) is 11.6. The third kappa shape index (κ3) is 6.22. The Morgan fingerprint density at radius 2 is 1.94 bits per heavy atom.